The van der Waals surface area contributed by atoms with Gasteiger partial charge in [-0.25, -0.2) is 0 Å². The summed E-state index contributed by atoms with van der Waals surface area (Å²) in [6, 6.07) is 3.99. The van der Waals surface area contributed by atoms with E-state index in [1.165, 1.54) is 12.8 Å². The van der Waals surface area contributed by atoms with Crippen LogP contribution in [-0.4, -0.2) is 10.2 Å². The molecule has 0 bridgehead atoms. The van der Waals surface area contributed by atoms with Crippen molar-refractivity contribution >= 4 is 0 Å². The second-order valence-corrected chi connectivity index (χ2v) is 2.42. The molecule has 2 rings (SSSR count). The quantitative estimate of drug-likeness (QED) is 0.559. The Labute approximate surface area is 53.9 Å². The maximum absolute atomic E-state index is 3.99. The van der Waals surface area contributed by atoms with Gasteiger partial charge < -0.3 is 0 Å². The van der Waals surface area contributed by atoms with E-state index in [1.807, 2.05) is 12.1 Å². The summed E-state index contributed by atoms with van der Waals surface area (Å²) in [6.45, 7) is 0. The van der Waals surface area contributed by atoms with Gasteiger partial charge in [0.2, 0.25) is 0 Å². The Morgan fingerprint density at radius 3 is 2.89 bits per heavy atom. The predicted molar refractivity (Wildman–Crippen MR) is 34.0 cm³/mol. The molecule has 1 aromatic rings. The lowest BCUT2D eigenvalue weighted by molar-refractivity contribution is 0.910. The standard InChI is InChI=1S/C7H8N2/c1-2-7(6-3-4-6)9-8-5-1/h1-2,5-6H,3-4H2. The van der Waals surface area contributed by atoms with Gasteiger partial charge >= 0.3 is 0 Å². The largest absolute Gasteiger partial charge is 0.159 e. The van der Waals surface area contributed by atoms with Crippen LogP contribution in [0.5, 0.6) is 0 Å². The highest BCUT2D eigenvalue weighted by Crippen LogP contribution is 2.38. The number of nitrogens with zero attached hydrogens (tertiary/aromatic N) is 2. The van der Waals surface area contributed by atoms with E-state index in [4.69, 9.17) is 0 Å². The Balaban J connectivity index is 2.29. The third kappa shape index (κ3) is 0.922. The molecule has 1 heterocycles. The molecule has 1 fully saturated rings. The van der Waals surface area contributed by atoms with Crippen LogP contribution in [-0.2, 0) is 0 Å². The molecule has 0 amide bonds. The minimum Gasteiger partial charge on any atom is -0.159 e. The Morgan fingerprint density at radius 1 is 1.44 bits per heavy atom. The minimum atomic E-state index is 0.735. The topological polar surface area (TPSA) is 25.8 Å². The van der Waals surface area contributed by atoms with Crippen LogP contribution < -0.4 is 0 Å². The van der Waals surface area contributed by atoms with Gasteiger partial charge in [0.05, 0.1) is 5.69 Å². The Kier molecular flexibility index (Phi) is 0.979. The van der Waals surface area contributed by atoms with Gasteiger partial charge in [0.1, 0.15) is 0 Å². The van der Waals surface area contributed by atoms with Crippen LogP contribution in [0.25, 0.3) is 0 Å². The van der Waals surface area contributed by atoms with Crippen molar-refractivity contribution in [3.8, 4) is 0 Å². The summed E-state index contributed by atoms with van der Waals surface area (Å²) in [5, 5.41) is 7.79. The molecule has 0 radical (unpaired) electrons. The Bertz CT molecular complexity index is 191. The van der Waals surface area contributed by atoms with Crippen LogP contribution in [0.1, 0.15) is 24.5 Å². The molecule has 0 unspecified atom stereocenters. The zero-order valence-electron chi connectivity index (χ0n) is 5.12. The summed E-state index contributed by atoms with van der Waals surface area (Å²) in [4.78, 5) is 0. The van der Waals surface area contributed by atoms with E-state index in [9.17, 15) is 0 Å². The van der Waals surface area contributed by atoms with E-state index < -0.39 is 0 Å². The van der Waals surface area contributed by atoms with Crippen molar-refractivity contribution in [1.82, 2.24) is 10.2 Å². The van der Waals surface area contributed by atoms with Gasteiger partial charge in [0.25, 0.3) is 0 Å². The van der Waals surface area contributed by atoms with E-state index >= 15 is 0 Å². The second-order valence-electron chi connectivity index (χ2n) is 2.42. The first-order chi connectivity index (χ1) is 4.47. The first-order valence-electron chi connectivity index (χ1n) is 3.24. The molecule has 2 heteroatoms. The van der Waals surface area contributed by atoms with Gasteiger partial charge in [-0.15, -0.1) is 0 Å². The highest BCUT2D eigenvalue weighted by atomic mass is 15.1. The van der Waals surface area contributed by atoms with E-state index in [0.717, 1.165) is 11.6 Å². The normalized spacial score (nSPS) is 17.8. The third-order valence-corrected chi connectivity index (χ3v) is 1.59. The highest BCUT2D eigenvalue weighted by molar-refractivity contribution is 5.11. The zero-order chi connectivity index (χ0) is 6.10. The molecule has 0 saturated heterocycles. The number of aromatic nitrogens is 2. The molecule has 0 atom stereocenters. The molecule has 0 aliphatic heterocycles. The van der Waals surface area contributed by atoms with Crippen LogP contribution >= 0.6 is 0 Å². The predicted octanol–water partition coefficient (Wildman–Crippen LogP) is 1.35. The smallest absolute Gasteiger partial charge is 0.0661 e. The summed E-state index contributed by atoms with van der Waals surface area (Å²) in [6.07, 6.45) is 4.32. The van der Waals surface area contributed by atoms with Crippen molar-refractivity contribution < 1.29 is 0 Å². The summed E-state index contributed by atoms with van der Waals surface area (Å²) in [5.41, 5.74) is 1.16. The van der Waals surface area contributed by atoms with Gasteiger partial charge in [-0.2, -0.15) is 10.2 Å². The van der Waals surface area contributed by atoms with E-state index in [2.05, 4.69) is 10.2 Å². The Morgan fingerprint density at radius 2 is 2.33 bits per heavy atom. The van der Waals surface area contributed by atoms with Crippen molar-refractivity contribution in [3.63, 3.8) is 0 Å². The first kappa shape index (κ1) is 4.91. The van der Waals surface area contributed by atoms with Crippen molar-refractivity contribution in [2.75, 3.05) is 0 Å². The molecule has 1 aromatic heterocycles. The fourth-order valence-corrected chi connectivity index (χ4v) is 0.910. The molecule has 0 spiro atoms. The number of rotatable bonds is 1. The van der Waals surface area contributed by atoms with Gasteiger partial charge in [-0.1, -0.05) is 0 Å². The van der Waals surface area contributed by atoms with Crippen molar-refractivity contribution in [2.24, 2.45) is 0 Å². The summed E-state index contributed by atoms with van der Waals surface area (Å²) < 4.78 is 0. The molecular formula is C7H8N2. The van der Waals surface area contributed by atoms with E-state index in [0.29, 0.717) is 0 Å². The van der Waals surface area contributed by atoms with E-state index in [-0.39, 0.29) is 0 Å². The molecule has 0 N–H and O–H groups in total. The lowest BCUT2D eigenvalue weighted by atomic mass is 10.3. The lowest BCUT2D eigenvalue weighted by Crippen LogP contribution is -1.86. The fourth-order valence-electron chi connectivity index (χ4n) is 0.910. The summed E-state index contributed by atoms with van der Waals surface area (Å²) in [5.74, 6) is 0.735. The van der Waals surface area contributed by atoms with Crippen LogP contribution in [0.4, 0.5) is 0 Å². The van der Waals surface area contributed by atoms with Gasteiger partial charge in [-0.3, -0.25) is 0 Å². The van der Waals surface area contributed by atoms with Gasteiger partial charge in [0, 0.05) is 12.1 Å². The highest BCUT2D eigenvalue weighted by Gasteiger charge is 2.24. The minimum absolute atomic E-state index is 0.735. The Hall–Kier alpha value is -0.920. The molecule has 2 nitrogen and oxygen atoms in total. The van der Waals surface area contributed by atoms with Crippen LogP contribution in [0.3, 0.4) is 0 Å². The van der Waals surface area contributed by atoms with Crippen LogP contribution in [0, 0.1) is 0 Å². The number of hydrogen-bond acceptors (Lipinski definition) is 2. The third-order valence-electron chi connectivity index (χ3n) is 1.59. The molecule has 46 valence electrons. The summed E-state index contributed by atoms with van der Waals surface area (Å²) >= 11 is 0. The lowest BCUT2D eigenvalue weighted by Gasteiger charge is -1.89. The average Bonchev–Trinajstić information content (AvgIpc) is 2.71. The van der Waals surface area contributed by atoms with Crippen molar-refractivity contribution in [2.45, 2.75) is 18.8 Å². The zero-order valence-corrected chi connectivity index (χ0v) is 5.12. The molecule has 0 aromatic carbocycles. The maximum Gasteiger partial charge on any atom is 0.0661 e. The average molecular weight is 120 g/mol. The van der Waals surface area contributed by atoms with Gasteiger partial charge in [-0.05, 0) is 25.0 Å². The van der Waals surface area contributed by atoms with Crippen LogP contribution in [0.15, 0.2) is 18.3 Å². The first-order valence-corrected chi connectivity index (χ1v) is 3.24. The number of hydrogen-bond donors (Lipinski definition) is 0. The molecule has 1 aliphatic rings. The molecule has 9 heavy (non-hydrogen) atoms. The summed E-state index contributed by atoms with van der Waals surface area (Å²) in [7, 11) is 0. The van der Waals surface area contributed by atoms with Crippen LogP contribution in [0.2, 0.25) is 0 Å². The molecular weight excluding hydrogens is 112 g/mol. The maximum atomic E-state index is 3.99. The fraction of sp³-hybridized carbons (Fsp3) is 0.429. The van der Waals surface area contributed by atoms with Gasteiger partial charge in [0.15, 0.2) is 0 Å². The van der Waals surface area contributed by atoms with E-state index in [1.54, 1.807) is 6.20 Å². The molecule has 1 aliphatic carbocycles. The van der Waals surface area contributed by atoms with Crippen molar-refractivity contribution in [1.29, 1.82) is 0 Å². The second kappa shape index (κ2) is 1.79. The monoisotopic (exact) mass is 120 g/mol. The molecule has 1 saturated carbocycles. The SMILES string of the molecule is c1cnnc(C2CC2)c1. The van der Waals surface area contributed by atoms with Crippen molar-refractivity contribution in [3.05, 3.63) is 24.0 Å².